The van der Waals surface area contributed by atoms with Gasteiger partial charge in [0.15, 0.2) is 17.9 Å². The first-order chi connectivity index (χ1) is 41.9. The number of H-pyrrole nitrogens is 1. The molecule has 26 N–H and O–H groups in total. The smallest absolute Gasteiger partial charge is 0.245 e. The Balaban J connectivity index is 2.59. The monoisotopic (exact) mass is 1250 g/mol. The third-order valence-corrected chi connectivity index (χ3v) is 13.8. The Bertz CT molecular complexity index is 2680. The SMILES string of the molecule is CC[C@H](C)[C@H](NC(=O)[C@H](CO)NC(=O)[C@H](CC(C)C)NC(=O)[C@H](CC(C)C)NC(=O)[C@H](CCCNC(=N)N)NC(=O)[C@H](CCCNC(=N)N)NC(=O)[C@H](Cc1c[nH]cn1)NC(=O)[C@H](CCCNC(=N)N)NC(=O)[C@H](Cc1ccc(O)cc1)NC(C)=O)C(N)=O. The van der Waals surface area contributed by atoms with Crippen LogP contribution in [0.2, 0.25) is 0 Å². The number of carbonyl (C=O) groups is 10. The van der Waals surface area contributed by atoms with E-state index in [1.54, 1.807) is 53.7 Å². The Kier molecular flexibility index (Phi) is 33.6. The number of phenolic OH excluding ortho intramolecular Hbond substituents is 1. The summed E-state index contributed by atoms with van der Waals surface area (Å²) in [4.78, 5) is 145. The lowest BCUT2D eigenvalue weighted by Crippen LogP contribution is -2.61. The summed E-state index contributed by atoms with van der Waals surface area (Å²) < 4.78 is 0. The van der Waals surface area contributed by atoms with Gasteiger partial charge in [-0.15, -0.1) is 0 Å². The molecule has 0 saturated carbocycles. The van der Waals surface area contributed by atoms with Crippen LogP contribution < -0.4 is 86.7 Å². The minimum Gasteiger partial charge on any atom is -0.508 e. The van der Waals surface area contributed by atoms with E-state index in [9.17, 15) is 58.2 Å². The number of carbonyl (C=O) groups excluding carboxylic acids is 10. The maximum Gasteiger partial charge on any atom is 0.245 e. The van der Waals surface area contributed by atoms with Crippen molar-refractivity contribution in [3.8, 4) is 5.75 Å². The van der Waals surface area contributed by atoms with E-state index >= 15 is 0 Å². The number of aromatic nitrogens is 2. The molecule has 0 aliphatic carbocycles. The zero-order valence-electron chi connectivity index (χ0n) is 51.7. The largest absolute Gasteiger partial charge is 0.508 e. The van der Waals surface area contributed by atoms with Crippen LogP contribution in [-0.2, 0) is 60.8 Å². The molecule has 2 aromatic rings. The van der Waals surface area contributed by atoms with E-state index in [2.05, 4.69) is 73.8 Å². The van der Waals surface area contributed by atoms with Crippen molar-refractivity contribution in [1.29, 1.82) is 16.2 Å². The second kappa shape index (κ2) is 39.5. The Labute approximate surface area is 517 Å². The predicted octanol–water partition coefficient (Wildman–Crippen LogP) is -4.31. The predicted molar refractivity (Wildman–Crippen MR) is 329 cm³/mol. The zero-order chi connectivity index (χ0) is 66.9. The minimum atomic E-state index is -1.56. The molecule has 33 heteroatoms. The molecular formula is C56H95N21O12. The van der Waals surface area contributed by atoms with Gasteiger partial charge in [0.25, 0.3) is 0 Å². The number of aliphatic hydroxyl groups is 1. The van der Waals surface area contributed by atoms with Crippen LogP contribution in [0, 0.1) is 34.0 Å². The van der Waals surface area contributed by atoms with Crippen LogP contribution in [0.15, 0.2) is 36.8 Å². The van der Waals surface area contributed by atoms with Crippen molar-refractivity contribution in [3.05, 3.63) is 48.0 Å². The first-order valence-electron chi connectivity index (χ1n) is 29.5. The van der Waals surface area contributed by atoms with Crippen molar-refractivity contribution in [2.45, 2.75) is 173 Å². The fourth-order valence-corrected chi connectivity index (χ4v) is 9.03. The molecule has 496 valence electrons. The molecule has 0 aliphatic rings. The standard InChI is InChI=1S/C56H95N21O12/c1-8-31(6)44(45(57)81)77-53(89)43(27-78)76-50(86)40(23-30(4)5)74-49(85)39(22-29(2)3)73-47(83)37(13-10-20-66-55(60)61)70-46(82)36(12-9-19-65-54(58)59)72-52(88)42(25-34-26-64-28-68-34)75-48(84)38(14-11-21-67-56(62)63)71-51(87)41(69-32(7)79)24-33-15-17-35(80)18-16-33/h15-18,26,28-31,36-44,78,80H,8-14,19-25,27H2,1-7H3,(H2,57,81)(H,64,68)(H,69,79)(H,70,82)(H,71,87)(H,72,88)(H,73,83)(H,74,85)(H,75,84)(H,76,86)(H,77,89)(H4,58,59,65)(H4,60,61,66)(H4,62,63,67)/t31-,36-,37-,38-,39-,40-,41-,42-,43-,44-/m0/s1. The van der Waals surface area contributed by atoms with E-state index in [0.29, 0.717) is 12.0 Å². The number of nitrogens with zero attached hydrogens (tertiary/aromatic N) is 1. The number of hydrogen-bond acceptors (Lipinski definition) is 16. The lowest BCUT2D eigenvalue weighted by molar-refractivity contribution is -0.136. The Hall–Kier alpha value is -9.30. The van der Waals surface area contributed by atoms with E-state index in [4.69, 9.17) is 39.2 Å². The fraction of sp³-hybridized carbons (Fsp3) is 0.607. The van der Waals surface area contributed by atoms with E-state index in [-0.39, 0.29) is 131 Å². The van der Waals surface area contributed by atoms with Gasteiger partial charge in [0.1, 0.15) is 60.1 Å². The topological polar surface area (TPSA) is 560 Å². The maximum absolute atomic E-state index is 14.7. The summed E-state index contributed by atoms with van der Waals surface area (Å²) in [6.07, 6.45) is 2.93. The molecule has 0 fully saturated rings. The van der Waals surface area contributed by atoms with Crippen molar-refractivity contribution in [3.63, 3.8) is 0 Å². The van der Waals surface area contributed by atoms with Gasteiger partial charge < -0.3 is 102 Å². The minimum absolute atomic E-state index is 0.00636. The normalized spacial score (nSPS) is 14.4. The molecule has 1 aromatic heterocycles. The first-order valence-corrected chi connectivity index (χ1v) is 29.5. The fourth-order valence-electron chi connectivity index (χ4n) is 9.03. The van der Waals surface area contributed by atoms with Crippen LogP contribution in [0.25, 0.3) is 0 Å². The maximum atomic E-state index is 14.7. The van der Waals surface area contributed by atoms with Crippen molar-refractivity contribution >= 4 is 77.0 Å². The van der Waals surface area contributed by atoms with Crippen LogP contribution in [0.5, 0.6) is 5.75 Å². The molecule has 0 unspecified atom stereocenters. The van der Waals surface area contributed by atoms with Gasteiger partial charge in [-0.3, -0.25) is 64.2 Å². The second-order valence-electron chi connectivity index (χ2n) is 22.5. The molecular weight excluding hydrogens is 1160 g/mol. The third kappa shape index (κ3) is 29.8. The van der Waals surface area contributed by atoms with Gasteiger partial charge in [0, 0.05) is 45.6 Å². The average Bonchev–Trinajstić information content (AvgIpc) is 3.73. The Morgan fingerprint density at radius 2 is 0.876 bits per heavy atom. The van der Waals surface area contributed by atoms with Crippen molar-refractivity contribution in [1.82, 2.24) is 73.8 Å². The summed E-state index contributed by atoms with van der Waals surface area (Å²) in [6, 6.07) is -6.50. The molecule has 2 rings (SSSR count). The number of guanidine groups is 3. The summed E-state index contributed by atoms with van der Waals surface area (Å²) in [7, 11) is 0. The van der Waals surface area contributed by atoms with E-state index < -0.39 is 120 Å². The van der Waals surface area contributed by atoms with Crippen molar-refractivity contribution in [2.75, 3.05) is 26.2 Å². The van der Waals surface area contributed by atoms with E-state index in [0.717, 1.165) is 0 Å². The number of hydrogen-bond donors (Lipinski definition) is 22. The highest BCUT2D eigenvalue weighted by Gasteiger charge is 2.36. The van der Waals surface area contributed by atoms with Gasteiger partial charge in [0.2, 0.25) is 59.1 Å². The van der Waals surface area contributed by atoms with Crippen LogP contribution in [0.4, 0.5) is 0 Å². The Morgan fingerprint density at radius 3 is 1.22 bits per heavy atom. The van der Waals surface area contributed by atoms with Crippen LogP contribution in [-0.4, -0.2) is 178 Å². The molecule has 10 atom stereocenters. The van der Waals surface area contributed by atoms with Gasteiger partial charge >= 0.3 is 0 Å². The Morgan fingerprint density at radius 1 is 0.517 bits per heavy atom. The summed E-state index contributed by atoms with van der Waals surface area (Å²) >= 11 is 0. The van der Waals surface area contributed by atoms with Crippen molar-refractivity contribution < 1.29 is 58.2 Å². The molecule has 0 radical (unpaired) electrons. The molecule has 0 bridgehead atoms. The first kappa shape index (κ1) is 75.8. The molecule has 1 heterocycles. The van der Waals surface area contributed by atoms with Gasteiger partial charge in [0.05, 0.1) is 18.6 Å². The lowest BCUT2D eigenvalue weighted by atomic mass is 9.98. The summed E-state index contributed by atoms with van der Waals surface area (Å²) in [6.45, 7) is 11.1. The number of nitrogens with one attached hydrogen (secondary N) is 16. The van der Waals surface area contributed by atoms with Crippen LogP contribution in [0.1, 0.15) is 118 Å². The summed E-state index contributed by atoms with van der Waals surface area (Å²) in [5.41, 5.74) is 22.9. The van der Waals surface area contributed by atoms with E-state index in [1.165, 1.54) is 31.6 Å². The molecule has 1 aromatic carbocycles. The molecule has 89 heavy (non-hydrogen) atoms. The van der Waals surface area contributed by atoms with Crippen molar-refractivity contribution in [2.24, 2.45) is 40.7 Å². The molecule has 0 saturated heterocycles. The number of amides is 10. The number of benzene rings is 1. The number of aliphatic hydroxyl groups excluding tert-OH is 1. The highest BCUT2D eigenvalue weighted by atomic mass is 16.3. The second-order valence-corrected chi connectivity index (χ2v) is 22.5. The summed E-state index contributed by atoms with van der Waals surface area (Å²) in [5.74, 6) is -10.4. The van der Waals surface area contributed by atoms with Gasteiger partial charge in [-0.25, -0.2) is 4.98 Å². The van der Waals surface area contributed by atoms with Crippen LogP contribution >= 0.6 is 0 Å². The molecule has 0 aliphatic heterocycles. The third-order valence-electron chi connectivity index (χ3n) is 13.8. The number of nitrogens with two attached hydrogens (primary N) is 4. The number of rotatable bonds is 41. The number of aromatic hydroxyl groups is 1. The number of aromatic amines is 1. The highest BCUT2D eigenvalue weighted by Crippen LogP contribution is 2.15. The van der Waals surface area contributed by atoms with Crippen LogP contribution in [0.3, 0.4) is 0 Å². The van der Waals surface area contributed by atoms with Gasteiger partial charge in [-0.1, -0.05) is 60.1 Å². The molecule has 33 nitrogen and oxygen atoms in total. The quantitative estimate of drug-likeness (QED) is 0.0170. The average molecular weight is 1250 g/mol. The lowest BCUT2D eigenvalue weighted by Gasteiger charge is -2.29. The number of primary amides is 1. The van der Waals surface area contributed by atoms with Gasteiger partial charge in [-0.2, -0.15) is 0 Å². The highest BCUT2D eigenvalue weighted by molar-refractivity contribution is 5.98. The summed E-state index contributed by atoms with van der Waals surface area (Å²) in [5, 5.41) is 74.3. The number of phenols is 1. The molecule has 0 spiro atoms. The van der Waals surface area contributed by atoms with Gasteiger partial charge in [-0.05, 0) is 86.8 Å². The number of imidazole rings is 1. The molecule has 10 amide bonds. The van der Waals surface area contributed by atoms with E-state index in [1.807, 2.05) is 0 Å². The zero-order valence-corrected chi connectivity index (χ0v) is 51.7.